The Hall–Kier alpha value is -5.55. The van der Waals surface area contributed by atoms with Gasteiger partial charge in [0.25, 0.3) is 23.6 Å². The van der Waals surface area contributed by atoms with Crippen molar-refractivity contribution >= 4 is 65.3 Å². The SMILES string of the molecule is C.C.C.C.C.C.CNC(CCC(=O)NCC(=O)O)C(=O)NCC(=O)O.CNC(CCC(=O)ON1C(=O)CCC1=O)C(=O)ON1C(=O)CCC1=O.NCC(=O)O. The van der Waals surface area contributed by atoms with Gasteiger partial charge in [-0.2, -0.15) is 0 Å². The van der Waals surface area contributed by atoms with Crippen LogP contribution in [-0.4, -0.2) is 137 Å². The Morgan fingerprint density at radius 2 is 0.982 bits per heavy atom. The number of carboxylic acids is 3. The second-order valence-corrected chi connectivity index (χ2v) is 9.68. The molecule has 6 amide bonds. The van der Waals surface area contributed by atoms with Crippen molar-refractivity contribution < 1.29 is 77.7 Å². The fraction of sp³-hybridized carbons (Fsp3) is 0.656. The largest absolute Gasteiger partial charge is 0.480 e. The van der Waals surface area contributed by atoms with Gasteiger partial charge in [0.2, 0.25) is 11.8 Å². The Labute approximate surface area is 321 Å². The third-order valence-corrected chi connectivity index (χ3v) is 6.01. The van der Waals surface area contributed by atoms with E-state index in [0.717, 1.165) is 0 Å². The smallest absolute Gasteiger partial charge is 0.349 e. The van der Waals surface area contributed by atoms with Crippen LogP contribution in [0.1, 0.15) is 95.9 Å². The number of nitrogens with zero attached hydrogens (tertiary/aromatic N) is 2. The normalized spacial score (nSPS) is 13.1. The Bertz CT molecular complexity index is 1250. The van der Waals surface area contributed by atoms with Crippen molar-refractivity contribution in [3.8, 4) is 0 Å². The first-order chi connectivity index (χ1) is 23.0. The lowest BCUT2D eigenvalue weighted by Gasteiger charge is -2.18. The quantitative estimate of drug-likeness (QED) is 0.0832. The third-order valence-electron chi connectivity index (χ3n) is 6.01. The van der Waals surface area contributed by atoms with E-state index in [2.05, 4.69) is 31.8 Å². The maximum Gasteiger partial charge on any atom is 0.349 e. The molecule has 0 aromatic heterocycles. The highest BCUT2D eigenvalue weighted by molar-refractivity contribution is 6.02. The molecule has 2 rings (SSSR count). The minimum absolute atomic E-state index is 0. The van der Waals surface area contributed by atoms with E-state index in [1.54, 1.807) is 0 Å². The lowest BCUT2D eigenvalue weighted by atomic mass is 10.1. The zero-order chi connectivity index (χ0) is 37.7. The van der Waals surface area contributed by atoms with Crippen molar-refractivity contribution in [3.63, 3.8) is 0 Å². The number of hydroxylamine groups is 4. The summed E-state index contributed by atoms with van der Waals surface area (Å²) in [6.45, 7) is -1.25. The van der Waals surface area contributed by atoms with E-state index < -0.39 is 90.5 Å². The fourth-order valence-electron chi connectivity index (χ4n) is 3.49. The number of imide groups is 2. The molecular formula is C32H63N7O16. The van der Waals surface area contributed by atoms with Crippen molar-refractivity contribution in [1.82, 2.24) is 31.4 Å². The standard InChI is InChI=1S/C14H17N3O8.C10H17N3O6.C2H5NO2.6CH4/c1-15-8(14(23)25-17-11(20)5-6-12(17)21)2-7-13(22)24-16-9(18)3-4-10(16)19;1-11-6(10(19)13-5-9(17)18)2-3-7(14)12-4-8(15)16;3-1-2(4)5;;;;;;/h8,15H,2-7H2,1H3;6,11H,2-5H2,1H3,(H,12,14)(H,13,19)(H,15,16)(H,17,18);1,3H2,(H,4,5);6*1H4. The summed E-state index contributed by atoms with van der Waals surface area (Å²) in [7, 11) is 2.93. The van der Waals surface area contributed by atoms with Crippen LogP contribution in [0.4, 0.5) is 0 Å². The van der Waals surface area contributed by atoms with Gasteiger partial charge < -0.3 is 52.0 Å². The molecule has 2 fully saturated rings. The van der Waals surface area contributed by atoms with Gasteiger partial charge in [0, 0.05) is 32.1 Å². The first-order valence-corrected chi connectivity index (χ1v) is 14.4. The van der Waals surface area contributed by atoms with Crippen molar-refractivity contribution in [3.05, 3.63) is 0 Å². The molecule has 0 radical (unpaired) electrons. The highest BCUT2D eigenvalue weighted by Gasteiger charge is 2.36. The lowest BCUT2D eigenvalue weighted by molar-refractivity contribution is -0.200. The number of nitrogens with two attached hydrogens (primary N) is 1. The molecule has 2 saturated heterocycles. The minimum atomic E-state index is -1.16. The molecule has 0 aromatic carbocycles. The second kappa shape index (κ2) is 34.2. The number of carbonyl (C=O) groups excluding carboxylic acids is 8. The molecule has 322 valence electrons. The van der Waals surface area contributed by atoms with Crippen molar-refractivity contribution in [2.24, 2.45) is 5.73 Å². The molecule has 23 nitrogen and oxygen atoms in total. The summed E-state index contributed by atoms with van der Waals surface area (Å²) in [5.41, 5.74) is 4.57. The molecule has 0 aromatic rings. The highest BCUT2D eigenvalue weighted by Crippen LogP contribution is 2.15. The number of hydrogen-bond acceptors (Lipinski definition) is 16. The molecule has 0 saturated carbocycles. The van der Waals surface area contributed by atoms with Crippen LogP contribution >= 0.6 is 0 Å². The number of carbonyl (C=O) groups is 11. The van der Waals surface area contributed by atoms with E-state index in [0.29, 0.717) is 10.1 Å². The van der Waals surface area contributed by atoms with Gasteiger partial charge in [-0.25, -0.2) is 9.59 Å². The van der Waals surface area contributed by atoms with E-state index in [4.69, 9.17) is 20.2 Å². The highest BCUT2D eigenvalue weighted by atomic mass is 16.7. The molecule has 0 spiro atoms. The molecule has 23 heteroatoms. The number of carboxylic acid groups (broad SMARTS) is 3. The predicted octanol–water partition coefficient (Wildman–Crippen LogP) is -0.828. The zero-order valence-corrected chi connectivity index (χ0v) is 26.6. The summed E-state index contributed by atoms with van der Waals surface area (Å²) in [5, 5.41) is 34.7. The van der Waals surface area contributed by atoms with Gasteiger partial charge >= 0.3 is 29.8 Å². The number of hydrogen-bond donors (Lipinski definition) is 8. The summed E-state index contributed by atoms with van der Waals surface area (Å²) >= 11 is 0. The molecular weight excluding hydrogens is 738 g/mol. The predicted molar refractivity (Wildman–Crippen MR) is 197 cm³/mol. The molecule has 55 heavy (non-hydrogen) atoms. The van der Waals surface area contributed by atoms with Crippen molar-refractivity contribution in [2.45, 2.75) is 108 Å². The Kier molecular flexibility index (Phi) is 40.1. The number of amides is 6. The van der Waals surface area contributed by atoms with Crippen LogP contribution < -0.4 is 27.0 Å². The number of likely N-dealkylation sites (N-methyl/N-ethyl adjacent to an activating group) is 2. The molecule has 0 bridgehead atoms. The van der Waals surface area contributed by atoms with Gasteiger partial charge in [-0.3, -0.25) is 43.2 Å². The van der Waals surface area contributed by atoms with Gasteiger partial charge in [-0.15, -0.1) is 10.1 Å². The fourth-order valence-corrected chi connectivity index (χ4v) is 3.49. The summed E-state index contributed by atoms with van der Waals surface area (Å²) in [4.78, 5) is 131. The summed E-state index contributed by atoms with van der Waals surface area (Å²) in [6, 6.07) is -1.70. The lowest BCUT2D eigenvalue weighted by Crippen LogP contribution is -2.45. The summed E-state index contributed by atoms with van der Waals surface area (Å²) < 4.78 is 0. The van der Waals surface area contributed by atoms with Crippen LogP contribution in [0.15, 0.2) is 0 Å². The molecule has 2 heterocycles. The average Bonchev–Trinajstić information content (AvgIpc) is 3.54. The Balaban J connectivity index is -0.000000139. The van der Waals surface area contributed by atoms with Gasteiger partial charge in [-0.1, -0.05) is 44.6 Å². The number of rotatable bonds is 17. The van der Waals surface area contributed by atoms with E-state index in [1.165, 1.54) is 14.1 Å². The maximum absolute atomic E-state index is 12.0. The van der Waals surface area contributed by atoms with Crippen LogP contribution in [0.25, 0.3) is 0 Å². The monoisotopic (exact) mass is 801 g/mol. The first kappa shape index (κ1) is 64.4. The second-order valence-electron chi connectivity index (χ2n) is 9.68. The van der Waals surface area contributed by atoms with Gasteiger partial charge in [-0.05, 0) is 26.9 Å². The molecule has 2 aliphatic rings. The topological polar surface area (TPSA) is 348 Å². The average molecular weight is 802 g/mol. The van der Waals surface area contributed by atoms with Crippen LogP contribution in [0.2, 0.25) is 0 Å². The van der Waals surface area contributed by atoms with E-state index in [9.17, 15) is 52.7 Å². The zero-order valence-electron chi connectivity index (χ0n) is 26.6. The van der Waals surface area contributed by atoms with Gasteiger partial charge in [0.05, 0.1) is 19.0 Å². The van der Waals surface area contributed by atoms with Crippen LogP contribution in [0.3, 0.4) is 0 Å². The summed E-state index contributed by atoms with van der Waals surface area (Å²) in [6.07, 6.45) is -0.376. The van der Waals surface area contributed by atoms with Crippen LogP contribution in [0, 0.1) is 0 Å². The Morgan fingerprint density at radius 1 is 0.618 bits per heavy atom. The van der Waals surface area contributed by atoms with Crippen LogP contribution in [0.5, 0.6) is 0 Å². The van der Waals surface area contributed by atoms with Crippen molar-refractivity contribution in [2.75, 3.05) is 33.7 Å². The van der Waals surface area contributed by atoms with Crippen LogP contribution in [-0.2, 0) is 62.4 Å². The van der Waals surface area contributed by atoms with E-state index in [-0.39, 0.29) is 102 Å². The maximum atomic E-state index is 12.0. The minimum Gasteiger partial charge on any atom is -0.480 e. The molecule has 0 aliphatic carbocycles. The van der Waals surface area contributed by atoms with E-state index >= 15 is 0 Å². The molecule has 2 unspecified atom stereocenters. The van der Waals surface area contributed by atoms with E-state index in [1.807, 2.05) is 0 Å². The number of nitrogens with one attached hydrogen (secondary N) is 4. The van der Waals surface area contributed by atoms with Gasteiger partial charge in [0.1, 0.15) is 19.1 Å². The summed E-state index contributed by atoms with van der Waals surface area (Å²) in [5.74, 6) is -8.52. The Morgan fingerprint density at radius 3 is 1.35 bits per heavy atom. The molecule has 9 N–H and O–H groups in total. The van der Waals surface area contributed by atoms with Gasteiger partial charge in [0.15, 0.2) is 0 Å². The first-order valence-electron chi connectivity index (χ1n) is 14.4. The molecule has 2 aliphatic heterocycles. The number of aliphatic carboxylic acids is 3. The van der Waals surface area contributed by atoms with Crippen molar-refractivity contribution in [1.29, 1.82) is 0 Å². The molecule has 2 atom stereocenters. The third kappa shape index (κ3) is 26.8.